The summed E-state index contributed by atoms with van der Waals surface area (Å²) in [6.45, 7) is 4.56. The van der Waals surface area contributed by atoms with Gasteiger partial charge in [0.05, 0.1) is 0 Å². The zero-order valence-corrected chi connectivity index (χ0v) is 33.2. The molecule has 4 aromatic carbocycles. The van der Waals surface area contributed by atoms with Crippen LogP contribution < -0.4 is 11.5 Å². The molecule has 0 amide bonds. The number of nitrogens with two attached hydrogens (primary N) is 2. The van der Waals surface area contributed by atoms with Crippen molar-refractivity contribution in [2.24, 2.45) is 0 Å². The van der Waals surface area contributed by atoms with E-state index in [-0.39, 0.29) is 0 Å². The molecule has 2 heteroatoms. The second-order valence-electron chi connectivity index (χ2n) is 15.7. The number of aryl methyl sites for hydroxylation is 4. The van der Waals surface area contributed by atoms with Crippen LogP contribution in [0.3, 0.4) is 0 Å². The van der Waals surface area contributed by atoms with Crippen LogP contribution in [0.25, 0.3) is 0 Å². The van der Waals surface area contributed by atoms with Crippen LogP contribution in [0.15, 0.2) is 84.9 Å². The lowest BCUT2D eigenvalue weighted by molar-refractivity contribution is 0.594. The molecule has 0 aromatic heterocycles. The molecule has 52 heavy (non-hydrogen) atoms. The second-order valence-corrected chi connectivity index (χ2v) is 15.7. The summed E-state index contributed by atoms with van der Waals surface area (Å²) in [5.74, 6) is 0. The minimum Gasteiger partial charge on any atom is -0.399 e. The Bertz CT molecular complexity index is 1400. The van der Waals surface area contributed by atoms with Crippen LogP contribution in [0, 0.1) is 0 Å². The van der Waals surface area contributed by atoms with Crippen molar-refractivity contribution in [1.29, 1.82) is 0 Å². The van der Waals surface area contributed by atoms with Gasteiger partial charge in [-0.15, -0.1) is 0 Å². The van der Waals surface area contributed by atoms with Gasteiger partial charge in [0, 0.05) is 11.4 Å². The van der Waals surface area contributed by atoms with Gasteiger partial charge in [-0.1, -0.05) is 177 Å². The molecule has 0 aliphatic rings. The molecule has 4 N–H and O–H groups in total. The minimum atomic E-state index is 0.955. The number of nitrogen functional groups attached to an aromatic ring is 2. The summed E-state index contributed by atoms with van der Waals surface area (Å²) in [6.07, 6.45) is 30.4. The SMILES string of the molecule is CCCCCCCCc1cc(Cc2ccc(CCCCCCCCc3ccc(Cc4ccc(N)c(CCCCCCCC)c4)cc3)cc2)ccc1N. The molecular formula is C50H72N2. The first-order chi connectivity index (χ1) is 25.5. The molecular weight excluding hydrogens is 629 g/mol. The number of benzene rings is 4. The van der Waals surface area contributed by atoms with E-state index >= 15 is 0 Å². The highest BCUT2D eigenvalue weighted by Crippen LogP contribution is 2.23. The molecule has 0 unspecified atom stereocenters. The zero-order chi connectivity index (χ0) is 36.6. The van der Waals surface area contributed by atoms with Crippen molar-refractivity contribution in [3.8, 4) is 0 Å². The quantitative estimate of drug-likeness (QED) is 0.0480. The minimum absolute atomic E-state index is 0.955. The van der Waals surface area contributed by atoms with Crippen molar-refractivity contribution in [3.63, 3.8) is 0 Å². The number of hydrogen-bond donors (Lipinski definition) is 2. The van der Waals surface area contributed by atoms with Crippen molar-refractivity contribution in [2.75, 3.05) is 11.5 Å². The van der Waals surface area contributed by atoms with E-state index in [1.165, 1.54) is 173 Å². The summed E-state index contributed by atoms with van der Waals surface area (Å²) in [7, 11) is 0. The predicted molar refractivity (Wildman–Crippen MR) is 229 cm³/mol. The summed E-state index contributed by atoms with van der Waals surface area (Å²) in [6, 6.07) is 32.1. The zero-order valence-electron chi connectivity index (χ0n) is 33.2. The maximum atomic E-state index is 6.33. The Labute approximate surface area is 319 Å². The Kier molecular flexibility index (Phi) is 19.6. The van der Waals surface area contributed by atoms with Gasteiger partial charge in [-0.3, -0.25) is 0 Å². The Balaban J connectivity index is 1.06. The predicted octanol–water partition coefficient (Wildman–Crippen LogP) is 14.0. The van der Waals surface area contributed by atoms with Crippen molar-refractivity contribution >= 4 is 11.4 Å². The molecule has 0 atom stereocenters. The van der Waals surface area contributed by atoms with E-state index in [0.717, 1.165) is 37.1 Å². The summed E-state index contributed by atoms with van der Waals surface area (Å²) < 4.78 is 0. The first-order valence-corrected chi connectivity index (χ1v) is 21.4. The van der Waals surface area contributed by atoms with E-state index in [4.69, 9.17) is 11.5 Å². The van der Waals surface area contributed by atoms with E-state index in [1.54, 1.807) is 0 Å². The number of unbranched alkanes of at least 4 members (excludes halogenated alkanes) is 15. The fourth-order valence-electron chi connectivity index (χ4n) is 7.65. The molecule has 0 heterocycles. The smallest absolute Gasteiger partial charge is 0.0346 e. The molecule has 2 nitrogen and oxygen atoms in total. The highest BCUT2D eigenvalue weighted by molar-refractivity contribution is 5.50. The van der Waals surface area contributed by atoms with E-state index in [2.05, 4.69) is 98.8 Å². The summed E-state index contributed by atoms with van der Waals surface area (Å²) in [5, 5.41) is 0. The van der Waals surface area contributed by atoms with Crippen LogP contribution in [-0.2, 0) is 38.5 Å². The fourth-order valence-corrected chi connectivity index (χ4v) is 7.65. The highest BCUT2D eigenvalue weighted by Gasteiger charge is 2.06. The van der Waals surface area contributed by atoms with Crippen molar-refractivity contribution in [2.45, 2.75) is 168 Å². The van der Waals surface area contributed by atoms with Gasteiger partial charge in [-0.25, -0.2) is 0 Å². The molecule has 0 bridgehead atoms. The van der Waals surface area contributed by atoms with Crippen LogP contribution in [0.5, 0.6) is 0 Å². The molecule has 0 fully saturated rings. The molecule has 282 valence electrons. The molecule has 4 rings (SSSR count). The Morgan fingerprint density at radius 2 is 0.596 bits per heavy atom. The molecule has 0 saturated heterocycles. The van der Waals surface area contributed by atoms with E-state index in [0.29, 0.717) is 0 Å². The molecule has 4 aromatic rings. The van der Waals surface area contributed by atoms with Crippen LogP contribution in [-0.4, -0.2) is 0 Å². The highest BCUT2D eigenvalue weighted by atomic mass is 14.6. The molecule has 0 radical (unpaired) electrons. The monoisotopic (exact) mass is 701 g/mol. The van der Waals surface area contributed by atoms with Gasteiger partial charge in [0.15, 0.2) is 0 Å². The number of rotatable bonds is 27. The largest absolute Gasteiger partial charge is 0.399 e. The van der Waals surface area contributed by atoms with Crippen molar-refractivity contribution in [3.05, 3.63) is 129 Å². The lowest BCUT2D eigenvalue weighted by Crippen LogP contribution is -1.98. The van der Waals surface area contributed by atoms with Gasteiger partial charge in [-0.2, -0.15) is 0 Å². The van der Waals surface area contributed by atoms with Crippen LogP contribution in [0.4, 0.5) is 11.4 Å². The van der Waals surface area contributed by atoms with Gasteiger partial charge in [-0.05, 0) is 121 Å². The first kappa shape index (κ1) is 41.2. The van der Waals surface area contributed by atoms with Crippen LogP contribution >= 0.6 is 0 Å². The third kappa shape index (κ3) is 16.0. The fraction of sp³-hybridized carbons (Fsp3) is 0.520. The number of hydrogen-bond acceptors (Lipinski definition) is 2. The maximum absolute atomic E-state index is 6.33. The lowest BCUT2D eigenvalue weighted by atomic mass is 9.97. The van der Waals surface area contributed by atoms with Crippen molar-refractivity contribution in [1.82, 2.24) is 0 Å². The van der Waals surface area contributed by atoms with Gasteiger partial charge in [0.25, 0.3) is 0 Å². The molecule has 0 aliphatic heterocycles. The van der Waals surface area contributed by atoms with Crippen LogP contribution in [0.1, 0.15) is 174 Å². The summed E-state index contributed by atoms with van der Waals surface area (Å²) >= 11 is 0. The maximum Gasteiger partial charge on any atom is 0.0346 e. The lowest BCUT2D eigenvalue weighted by Gasteiger charge is -2.10. The first-order valence-electron chi connectivity index (χ1n) is 21.4. The van der Waals surface area contributed by atoms with E-state index < -0.39 is 0 Å². The third-order valence-electron chi connectivity index (χ3n) is 11.1. The van der Waals surface area contributed by atoms with Gasteiger partial charge in [0.1, 0.15) is 0 Å². The summed E-state index contributed by atoms with van der Waals surface area (Å²) in [5.41, 5.74) is 25.7. The normalized spacial score (nSPS) is 11.3. The molecule has 0 saturated carbocycles. The number of anilines is 2. The van der Waals surface area contributed by atoms with Gasteiger partial charge in [0.2, 0.25) is 0 Å². The standard InChI is InChI=1S/C50H72N2/c1-3-5-7-9-15-19-23-47-39-45(33-35-49(47)51)37-43-29-25-41(26-30-43)21-17-13-11-12-14-18-22-42-27-31-44(32-28-42)38-46-34-36-50(52)48(40-46)24-20-16-10-8-6-4-2/h25-36,39-40H,3-24,37-38,51-52H2,1-2H3. The average molecular weight is 701 g/mol. The third-order valence-corrected chi connectivity index (χ3v) is 11.1. The van der Waals surface area contributed by atoms with E-state index in [9.17, 15) is 0 Å². The molecule has 0 aliphatic carbocycles. The Morgan fingerprint density at radius 1 is 0.308 bits per heavy atom. The van der Waals surface area contributed by atoms with Crippen molar-refractivity contribution < 1.29 is 0 Å². The van der Waals surface area contributed by atoms with E-state index in [1.807, 2.05) is 0 Å². The van der Waals surface area contributed by atoms with Gasteiger partial charge < -0.3 is 11.5 Å². The summed E-state index contributed by atoms with van der Waals surface area (Å²) in [4.78, 5) is 0. The second kappa shape index (κ2) is 24.7. The Hall–Kier alpha value is -3.52. The molecule has 0 spiro atoms. The topological polar surface area (TPSA) is 52.0 Å². The van der Waals surface area contributed by atoms with Crippen LogP contribution in [0.2, 0.25) is 0 Å². The van der Waals surface area contributed by atoms with Gasteiger partial charge >= 0.3 is 0 Å². The Morgan fingerprint density at radius 3 is 0.962 bits per heavy atom. The average Bonchev–Trinajstić information content (AvgIpc) is 3.16.